The highest BCUT2D eigenvalue weighted by atomic mass is 19.1. The van der Waals surface area contributed by atoms with Gasteiger partial charge in [-0.3, -0.25) is 9.78 Å². The minimum absolute atomic E-state index is 0.0442. The molecule has 2 N–H and O–H groups in total. The number of ketones is 1. The fraction of sp³-hybridized carbons (Fsp3) is 0.400. The number of nitrogens with zero attached hydrogens (tertiary/aromatic N) is 2. The van der Waals surface area contributed by atoms with Crippen LogP contribution in [0.4, 0.5) is 4.39 Å². The summed E-state index contributed by atoms with van der Waals surface area (Å²) in [7, 11) is 0. The van der Waals surface area contributed by atoms with Gasteiger partial charge in [-0.05, 0) is 78.6 Å². The molecule has 0 radical (unpaired) electrons. The molecule has 1 aliphatic rings. The Balaban J connectivity index is 0.00000226. The van der Waals surface area contributed by atoms with Gasteiger partial charge >= 0.3 is 0 Å². The van der Waals surface area contributed by atoms with E-state index in [1.54, 1.807) is 12.1 Å². The third kappa shape index (κ3) is 7.84. The Morgan fingerprint density at radius 1 is 1.10 bits per heavy atom. The summed E-state index contributed by atoms with van der Waals surface area (Å²) in [5, 5.41) is 20.4. The van der Waals surface area contributed by atoms with E-state index < -0.39 is 12.2 Å². The van der Waals surface area contributed by atoms with Crippen molar-refractivity contribution in [1.82, 2.24) is 9.97 Å². The van der Waals surface area contributed by atoms with E-state index in [9.17, 15) is 19.4 Å². The first kappa shape index (κ1) is 32.0. The van der Waals surface area contributed by atoms with E-state index in [0.29, 0.717) is 25.0 Å². The minimum atomic E-state index is -0.768. The number of Topliss-reactive ketones (excluding diaryl/α,β-unsaturated/α-hetero) is 1. The molecule has 1 aromatic carbocycles. The highest BCUT2D eigenvalue weighted by Gasteiger charge is 2.28. The molecule has 2 heterocycles. The monoisotopic (exact) mass is 558 g/mol. The number of aliphatic hydroxyl groups is 2. The number of fused-ring (bicyclic) bond motifs is 3. The van der Waals surface area contributed by atoms with E-state index in [2.05, 4.69) is 33.1 Å². The zero-order valence-electron chi connectivity index (χ0n) is 24.7. The molecule has 0 saturated heterocycles. The summed E-state index contributed by atoms with van der Waals surface area (Å²) in [5.74, 6) is -0.167. The van der Waals surface area contributed by atoms with E-state index in [0.717, 1.165) is 52.2 Å². The summed E-state index contributed by atoms with van der Waals surface area (Å²) < 4.78 is 13.8. The van der Waals surface area contributed by atoms with Crippen molar-refractivity contribution >= 4 is 11.9 Å². The van der Waals surface area contributed by atoms with Crippen LogP contribution in [0.15, 0.2) is 61.7 Å². The van der Waals surface area contributed by atoms with Crippen LogP contribution in [0.25, 0.3) is 17.3 Å². The van der Waals surface area contributed by atoms with Crippen molar-refractivity contribution in [3.05, 3.63) is 101 Å². The van der Waals surface area contributed by atoms with Crippen molar-refractivity contribution in [3.63, 3.8) is 0 Å². The second kappa shape index (κ2) is 14.9. The first-order valence-electron chi connectivity index (χ1n) is 14.6. The van der Waals surface area contributed by atoms with Crippen LogP contribution in [0.2, 0.25) is 0 Å². The lowest BCUT2D eigenvalue weighted by molar-refractivity contribution is 0.0975. The van der Waals surface area contributed by atoms with E-state index in [-0.39, 0.29) is 29.9 Å². The van der Waals surface area contributed by atoms with Gasteiger partial charge in [-0.1, -0.05) is 52.0 Å². The Morgan fingerprint density at radius 3 is 2.44 bits per heavy atom. The van der Waals surface area contributed by atoms with Crippen molar-refractivity contribution in [2.75, 3.05) is 0 Å². The summed E-state index contributed by atoms with van der Waals surface area (Å²) in [6, 6.07) is 12.5. The molecule has 3 aromatic rings. The summed E-state index contributed by atoms with van der Waals surface area (Å²) in [5.41, 5.74) is 6.92. The lowest BCUT2D eigenvalue weighted by atomic mass is 9.85. The number of hydrogen-bond donors (Lipinski definition) is 2. The maximum atomic E-state index is 13.8. The van der Waals surface area contributed by atoms with Gasteiger partial charge in [0.1, 0.15) is 11.5 Å². The Bertz CT molecular complexity index is 1350. The average Bonchev–Trinajstić information content (AvgIpc) is 3.13. The molecular weight excluding hydrogens is 515 g/mol. The van der Waals surface area contributed by atoms with Gasteiger partial charge in [-0.2, -0.15) is 0 Å². The van der Waals surface area contributed by atoms with Crippen molar-refractivity contribution in [1.29, 1.82) is 0 Å². The lowest BCUT2D eigenvalue weighted by Crippen LogP contribution is -2.14. The molecule has 5 nitrogen and oxygen atoms in total. The SMILES string of the molecule is C=C.CCCC(=O)c1ccc2c(n1)CCC(c1ccc(F)cc1)c1cc(/C=C/[C@@H](O)C[C@@H](O)CC)c(C(C)C)nc1-2. The molecule has 0 spiro atoms. The molecule has 0 aliphatic heterocycles. The molecule has 0 amide bonds. The third-order valence-corrected chi connectivity index (χ3v) is 7.45. The highest BCUT2D eigenvalue weighted by molar-refractivity contribution is 5.94. The molecule has 4 rings (SSSR count). The maximum absolute atomic E-state index is 13.8. The molecular formula is C35H43FN2O3. The first-order valence-corrected chi connectivity index (χ1v) is 14.6. The van der Waals surface area contributed by atoms with E-state index in [1.165, 1.54) is 12.1 Å². The van der Waals surface area contributed by atoms with Crippen LogP contribution in [0, 0.1) is 5.82 Å². The van der Waals surface area contributed by atoms with Gasteiger partial charge in [-0.25, -0.2) is 9.37 Å². The standard InChI is InChI=1S/C33H39FN2O3.C2H4/c1-5-7-31(39)30-17-15-27-29(35-30)16-14-26(21-8-11-23(34)12-9-21)28-18-22(32(20(3)4)36-33(27)28)10-13-25(38)19-24(37)6-2;1-2/h8-13,15,17-18,20,24-26,37-38H,5-7,14,16,19H2,1-4H3;1-2H2/b13-10+;/t24-,25+,26?;/m0./s1. The summed E-state index contributed by atoms with van der Waals surface area (Å²) in [6.07, 6.45) is 5.79. The van der Waals surface area contributed by atoms with Crippen LogP contribution in [-0.4, -0.2) is 38.2 Å². The number of aliphatic hydroxyl groups excluding tert-OH is 2. The van der Waals surface area contributed by atoms with Crippen molar-refractivity contribution in [2.24, 2.45) is 0 Å². The largest absolute Gasteiger partial charge is 0.393 e. The van der Waals surface area contributed by atoms with Gasteiger partial charge in [0.25, 0.3) is 0 Å². The Morgan fingerprint density at radius 2 is 1.80 bits per heavy atom. The predicted molar refractivity (Wildman–Crippen MR) is 165 cm³/mol. The normalized spacial score (nSPS) is 15.9. The zero-order valence-corrected chi connectivity index (χ0v) is 24.7. The van der Waals surface area contributed by atoms with Gasteiger partial charge in [0.2, 0.25) is 0 Å². The van der Waals surface area contributed by atoms with Crippen LogP contribution in [0.5, 0.6) is 0 Å². The van der Waals surface area contributed by atoms with Gasteiger partial charge in [-0.15, -0.1) is 13.2 Å². The Labute approximate surface area is 243 Å². The molecule has 0 bridgehead atoms. The number of pyridine rings is 2. The molecule has 0 saturated carbocycles. The molecule has 6 heteroatoms. The van der Waals surface area contributed by atoms with Crippen molar-refractivity contribution in [2.45, 2.75) is 90.3 Å². The molecule has 2 aromatic heterocycles. The van der Waals surface area contributed by atoms with E-state index in [4.69, 9.17) is 9.97 Å². The van der Waals surface area contributed by atoms with Crippen LogP contribution in [0.3, 0.4) is 0 Å². The average molecular weight is 559 g/mol. The molecule has 41 heavy (non-hydrogen) atoms. The van der Waals surface area contributed by atoms with E-state index in [1.807, 2.05) is 38.1 Å². The summed E-state index contributed by atoms with van der Waals surface area (Å²) in [6.45, 7) is 14.0. The molecule has 3 atom stereocenters. The lowest BCUT2D eigenvalue weighted by Gasteiger charge is -2.21. The van der Waals surface area contributed by atoms with Crippen molar-refractivity contribution < 1.29 is 19.4 Å². The minimum Gasteiger partial charge on any atom is -0.393 e. The first-order chi connectivity index (χ1) is 19.7. The molecule has 0 fully saturated rings. The number of aromatic nitrogens is 2. The van der Waals surface area contributed by atoms with Crippen LogP contribution >= 0.6 is 0 Å². The fourth-order valence-corrected chi connectivity index (χ4v) is 5.27. The fourth-order valence-electron chi connectivity index (χ4n) is 5.27. The van der Waals surface area contributed by atoms with Gasteiger partial charge in [0.05, 0.1) is 29.3 Å². The number of hydrogen-bond acceptors (Lipinski definition) is 5. The second-order valence-electron chi connectivity index (χ2n) is 10.8. The van der Waals surface area contributed by atoms with Crippen LogP contribution in [0.1, 0.15) is 110 Å². The maximum Gasteiger partial charge on any atom is 0.181 e. The van der Waals surface area contributed by atoms with Crippen molar-refractivity contribution in [3.8, 4) is 11.3 Å². The van der Waals surface area contributed by atoms with Crippen LogP contribution in [-0.2, 0) is 6.42 Å². The number of carbonyl (C=O) groups excluding carboxylic acids is 1. The second-order valence-corrected chi connectivity index (χ2v) is 10.8. The number of benzene rings is 1. The number of halogens is 1. The predicted octanol–water partition coefficient (Wildman–Crippen LogP) is 7.80. The topological polar surface area (TPSA) is 83.3 Å². The summed E-state index contributed by atoms with van der Waals surface area (Å²) in [4.78, 5) is 22.6. The molecule has 1 unspecified atom stereocenters. The van der Waals surface area contributed by atoms with Gasteiger partial charge < -0.3 is 10.2 Å². The molecule has 218 valence electrons. The quantitative estimate of drug-likeness (QED) is 0.196. The third-order valence-electron chi connectivity index (χ3n) is 7.45. The number of carbonyl (C=O) groups is 1. The van der Waals surface area contributed by atoms with Gasteiger partial charge in [0.15, 0.2) is 5.78 Å². The Kier molecular flexibility index (Phi) is 11.7. The number of rotatable bonds is 10. The highest BCUT2D eigenvalue weighted by Crippen LogP contribution is 2.42. The Hall–Kier alpha value is -3.48. The van der Waals surface area contributed by atoms with Crippen LogP contribution < -0.4 is 0 Å². The zero-order chi connectivity index (χ0) is 30.1. The van der Waals surface area contributed by atoms with E-state index >= 15 is 0 Å². The molecule has 1 aliphatic carbocycles. The number of aryl methyl sites for hydroxylation is 1. The van der Waals surface area contributed by atoms with Gasteiger partial charge in [0, 0.05) is 24.3 Å². The summed E-state index contributed by atoms with van der Waals surface area (Å²) >= 11 is 0. The smallest absolute Gasteiger partial charge is 0.181 e.